The maximum atomic E-state index is 12.5. The Morgan fingerprint density at radius 1 is 1.04 bits per heavy atom. The summed E-state index contributed by atoms with van der Waals surface area (Å²) in [5, 5.41) is 0.327. The fourth-order valence-corrected chi connectivity index (χ4v) is 4.12. The van der Waals surface area contributed by atoms with Crippen LogP contribution in [0, 0.1) is 0 Å². The van der Waals surface area contributed by atoms with Crippen LogP contribution in [-0.4, -0.2) is 57.4 Å². The van der Waals surface area contributed by atoms with Crippen molar-refractivity contribution in [3.63, 3.8) is 0 Å². The second-order valence-corrected chi connectivity index (χ2v) is 8.71. The lowest BCUT2D eigenvalue weighted by Crippen LogP contribution is -2.46. The van der Waals surface area contributed by atoms with Gasteiger partial charge in [0.05, 0.1) is 15.6 Å². The topological polar surface area (TPSA) is 69.7 Å². The normalized spacial score (nSPS) is 15.7. The second-order valence-electron chi connectivity index (χ2n) is 6.62. The van der Waals surface area contributed by atoms with E-state index in [2.05, 4.69) is 9.62 Å². The molecule has 8 heteroatoms. The Morgan fingerprint density at radius 2 is 1.68 bits per heavy atom. The molecule has 0 spiro atoms. The standard InChI is InChI=1S/C20H22ClN3O3S/c1-23-12-14-24(15-13-23)20(25)11-8-16-6-9-17(10-7-16)28(26,27)22-19-5-3-2-4-18(19)21/h2-11,22H,12-15H2,1H3/b11-8+. The number of carbonyl (C=O) groups excluding carboxylic acids is 1. The second kappa shape index (κ2) is 8.77. The summed E-state index contributed by atoms with van der Waals surface area (Å²) in [6.45, 7) is 3.16. The lowest BCUT2D eigenvalue weighted by atomic mass is 10.2. The predicted octanol–water partition coefficient (Wildman–Crippen LogP) is 2.93. The molecule has 0 bridgehead atoms. The van der Waals surface area contributed by atoms with Gasteiger partial charge < -0.3 is 9.80 Å². The number of nitrogens with one attached hydrogen (secondary N) is 1. The third-order valence-electron chi connectivity index (χ3n) is 4.54. The van der Waals surface area contributed by atoms with Crippen LogP contribution in [0.2, 0.25) is 5.02 Å². The average Bonchev–Trinajstić information content (AvgIpc) is 2.69. The molecule has 0 aromatic heterocycles. The van der Waals surface area contributed by atoms with E-state index in [0.717, 1.165) is 18.7 Å². The van der Waals surface area contributed by atoms with E-state index in [4.69, 9.17) is 11.6 Å². The molecule has 1 saturated heterocycles. The Kier molecular flexibility index (Phi) is 6.39. The quantitative estimate of drug-likeness (QED) is 0.756. The number of halogens is 1. The number of likely N-dealkylation sites (N-methyl/N-ethyl adjacent to an activating group) is 1. The van der Waals surface area contributed by atoms with Crippen LogP contribution in [0.15, 0.2) is 59.5 Å². The van der Waals surface area contributed by atoms with E-state index in [0.29, 0.717) is 23.8 Å². The maximum Gasteiger partial charge on any atom is 0.261 e. The molecular weight excluding hydrogens is 398 g/mol. The summed E-state index contributed by atoms with van der Waals surface area (Å²) in [5.74, 6) is -0.0369. The first-order valence-electron chi connectivity index (χ1n) is 8.88. The first-order chi connectivity index (χ1) is 13.3. The Balaban J connectivity index is 1.66. The summed E-state index contributed by atoms with van der Waals surface area (Å²) in [6.07, 6.45) is 3.22. The Morgan fingerprint density at radius 3 is 2.32 bits per heavy atom. The van der Waals surface area contributed by atoms with E-state index in [-0.39, 0.29) is 10.8 Å². The monoisotopic (exact) mass is 419 g/mol. The van der Waals surface area contributed by atoms with Crippen molar-refractivity contribution in [3.05, 3.63) is 65.2 Å². The molecule has 1 fully saturated rings. The highest BCUT2D eigenvalue weighted by molar-refractivity contribution is 7.92. The lowest BCUT2D eigenvalue weighted by molar-refractivity contribution is -0.127. The number of nitrogens with zero attached hydrogens (tertiary/aromatic N) is 2. The molecule has 3 rings (SSSR count). The van der Waals surface area contributed by atoms with E-state index in [1.807, 2.05) is 11.9 Å². The summed E-state index contributed by atoms with van der Waals surface area (Å²) in [4.78, 5) is 16.4. The van der Waals surface area contributed by atoms with E-state index < -0.39 is 10.0 Å². The van der Waals surface area contributed by atoms with Crippen molar-refractivity contribution in [2.45, 2.75) is 4.90 Å². The number of sulfonamides is 1. The lowest BCUT2D eigenvalue weighted by Gasteiger charge is -2.31. The van der Waals surface area contributed by atoms with Gasteiger partial charge in [0.1, 0.15) is 0 Å². The number of anilines is 1. The van der Waals surface area contributed by atoms with Gasteiger partial charge >= 0.3 is 0 Å². The molecule has 1 aliphatic heterocycles. The Bertz CT molecular complexity index is 966. The van der Waals surface area contributed by atoms with E-state index in [9.17, 15) is 13.2 Å². The van der Waals surface area contributed by atoms with E-state index in [1.165, 1.54) is 18.2 Å². The number of hydrogen-bond acceptors (Lipinski definition) is 4. The molecule has 0 radical (unpaired) electrons. The van der Waals surface area contributed by atoms with Crippen LogP contribution in [0.5, 0.6) is 0 Å². The summed E-state index contributed by atoms with van der Waals surface area (Å²) < 4.78 is 27.5. The van der Waals surface area contributed by atoms with Crippen molar-refractivity contribution in [1.82, 2.24) is 9.80 Å². The molecule has 1 heterocycles. The molecule has 1 N–H and O–H groups in total. The van der Waals surface area contributed by atoms with Crippen molar-refractivity contribution in [3.8, 4) is 0 Å². The summed E-state index contributed by atoms with van der Waals surface area (Å²) in [6, 6.07) is 13.0. The molecule has 0 aliphatic carbocycles. The van der Waals surface area contributed by atoms with Crippen LogP contribution < -0.4 is 4.72 Å². The fourth-order valence-electron chi connectivity index (χ4n) is 2.81. The number of para-hydroxylation sites is 1. The van der Waals surface area contributed by atoms with Gasteiger partial charge in [-0.05, 0) is 43.0 Å². The average molecular weight is 420 g/mol. The van der Waals surface area contributed by atoms with Crippen LogP contribution in [-0.2, 0) is 14.8 Å². The minimum atomic E-state index is -3.74. The Labute approximate surface area is 170 Å². The zero-order valence-electron chi connectivity index (χ0n) is 15.5. The first-order valence-corrected chi connectivity index (χ1v) is 10.7. The zero-order chi connectivity index (χ0) is 20.1. The molecular formula is C20H22ClN3O3S. The number of piperazine rings is 1. The molecule has 0 saturated carbocycles. The van der Waals surface area contributed by atoms with Crippen molar-refractivity contribution < 1.29 is 13.2 Å². The van der Waals surface area contributed by atoms with Crippen LogP contribution in [0.25, 0.3) is 6.08 Å². The highest BCUT2D eigenvalue weighted by atomic mass is 35.5. The van der Waals surface area contributed by atoms with Gasteiger partial charge in [0.2, 0.25) is 5.91 Å². The van der Waals surface area contributed by atoms with Gasteiger partial charge in [-0.25, -0.2) is 8.42 Å². The number of carbonyl (C=O) groups is 1. The molecule has 148 valence electrons. The van der Waals surface area contributed by atoms with Crippen molar-refractivity contribution in [2.24, 2.45) is 0 Å². The smallest absolute Gasteiger partial charge is 0.261 e. The molecule has 2 aromatic carbocycles. The van der Waals surface area contributed by atoms with Gasteiger partial charge in [0.15, 0.2) is 0 Å². The SMILES string of the molecule is CN1CCN(C(=O)/C=C/c2ccc(S(=O)(=O)Nc3ccccc3Cl)cc2)CC1. The number of benzene rings is 2. The molecule has 0 atom stereocenters. The van der Waals surface area contributed by atoms with Crippen LogP contribution >= 0.6 is 11.6 Å². The van der Waals surface area contributed by atoms with Gasteiger partial charge in [0, 0.05) is 32.3 Å². The largest absolute Gasteiger partial charge is 0.337 e. The predicted molar refractivity (Wildman–Crippen MR) is 112 cm³/mol. The molecule has 6 nitrogen and oxygen atoms in total. The van der Waals surface area contributed by atoms with Crippen LogP contribution in [0.1, 0.15) is 5.56 Å². The molecule has 28 heavy (non-hydrogen) atoms. The van der Waals surface area contributed by atoms with Crippen LogP contribution in [0.4, 0.5) is 5.69 Å². The van der Waals surface area contributed by atoms with Crippen molar-refractivity contribution >= 4 is 39.3 Å². The minimum absolute atomic E-state index is 0.0369. The Hall–Kier alpha value is -2.35. The molecule has 0 unspecified atom stereocenters. The molecule has 2 aromatic rings. The molecule has 1 amide bonds. The third kappa shape index (κ3) is 5.13. The van der Waals surface area contributed by atoms with Gasteiger partial charge in [-0.3, -0.25) is 9.52 Å². The van der Waals surface area contributed by atoms with Crippen molar-refractivity contribution in [2.75, 3.05) is 37.9 Å². The highest BCUT2D eigenvalue weighted by Gasteiger charge is 2.17. The summed E-state index contributed by atoms with van der Waals surface area (Å²) in [5.41, 5.74) is 1.07. The third-order valence-corrected chi connectivity index (χ3v) is 6.25. The number of rotatable bonds is 5. The van der Waals surface area contributed by atoms with Crippen molar-refractivity contribution in [1.29, 1.82) is 0 Å². The minimum Gasteiger partial charge on any atom is -0.337 e. The van der Waals surface area contributed by atoms with Gasteiger partial charge in [-0.15, -0.1) is 0 Å². The maximum absolute atomic E-state index is 12.5. The summed E-state index contributed by atoms with van der Waals surface area (Å²) >= 11 is 6.01. The van der Waals surface area contributed by atoms with Gasteiger partial charge in [-0.1, -0.05) is 35.9 Å². The number of amides is 1. The zero-order valence-corrected chi connectivity index (χ0v) is 17.1. The summed E-state index contributed by atoms with van der Waals surface area (Å²) in [7, 11) is -1.71. The highest BCUT2D eigenvalue weighted by Crippen LogP contribution is 2.24. The number of hydrogen-bond donors (Lipinski definition) is 1. The molecule has 1 aliphatic rings. The van der Waals surface area contributed by atoms with Gasteiger partial charge in [-0.2, -0.15) is 0 Å². The van der Waals surface area contributed by atoms with Crippen LogP contribution in [0.3, 0.4) is 0 Å². The first kappa shape index (κ1) is 20.4. The van der Waals surface area contributed by atoms with E-state index in [1.54, 1.807) is 42.5 Å². The fraction of sp³-hybridized carbons (Fsp3) is 0.250. The van der Waals surface area contributed by atoms with Gasteiger partial charge in [0.25, 0.3) is 10.0 Å². The van der Waals surface area contributed by atoms with E-state index >= 15 is 0 Å².